The third kappa shape index (κ3) is 1.67. The number of carboxylic acids is 1. The molecule has 0 saturated carbocycles. The van der Waals surface area contributed by atoms with Crippen LogP contribution in [0.25, 0.3) is 5.69 Å². The lowest BCUT2D eigenvalue weighted by Crippen LogP contribution is -2.03. The molecule has 0 unspecified atom stereocenters. The van der Waals surface area contributed by atoms with E-state index >= 15 is 0 Å². The second kappa shape index (κ2) is 3.45. The molecule has 1 aromatic carbocycles. The summed E-state index contributed by atoms with van der Waals surface area (Å²) >= 11 is 0. The molecule has 0 aliphatic carbocycles. The van der Waals surface area contributed by atoms with Crippen molar-refractivity contribution in [2.75, 3.05) is 5.73 Å². The fraction of sp³-hybridized carbons (Fsp3) is 0. The van der Waals surface area contributed by atoms with Crippen LogP contribution in [0.3, 0.4) is 0 Å². The van der Waals surface area contributed by atoms with Gasteiger partial charge in [-0.1, -0.05) is 0 Å². The Kier molecular flexibility index (Phi) is 2.13. The molecule has 0 radical (unpaired) electrons. The van der Waals surface area contributed by atoms with E-state index < -0.39 is 5.97 Å². The molecule has 5 heteroatoms. The molecule has 5 nitrogen and oxygen atoms in total. The summed E-state index contributed by atoms with van der Waals surface area (Å²) in [6, 6.07) is 6.31. The molecule has 3 N–H and O–H groups in total. The summed E-state index contributed by atoms with van der Waals surface area (Å²) in [7, 11) is 0. The second-order valence-electron chi connectivity index (χ2n) is 3.03. The molecule has 0 atom stereocenters. The van der Waals surface area contributed by atoms with Gasteiger partial charge in [0.15, 0.2) is 0 Å². The Balaban J connectivity index is 2.48. The molecule has 0 spiro atoms. The highest BCUT2D eigenvalue weighted by molar-refractivity contribution is 5.89. The van der Waals surface area contributed by atoms with E-state index in [4.69, 9.17) is 10.8 Å². The van der Waals surface area contributed by atoms with Crippen molar-refractivity contribution in [1.29, 1.82) is 0 Å². The third-order valence-electron chi connectivity index (χ3n) is 2.03. The van der Waals surface area contributed by atoms with Gasteiger partial charge in [-0.25, -0.2) is 9.48 Å². The summed E-state index contributed by atoms with van der Waals surface area (Å²) < 4.78 is 1.58. The summed E-state index contributed by atoms with van der Waals surface area (Å²) in [6.45, 7) is 0. The van der Waals surface area contributed by atoms with Gasteiger partial charge in [0, 0.05) is 12.4 Å². The molecular formula is C10H9N3O2. The Hall–Kier alpha value is -2.30. The van der Waals surface area contributed by atoms with Gasteiger partial charge in [-0.15, -0.1) is 0 Å². The van der Waals surface area contributed by atoms with Gasteiger partial charge in [-0.05, 0) is 24.3 Å². The molecule has 76 valence electrons. The second-order valence-corrected chi connectivity index (χ2v) is 3.03. The normalized spacial score (nSPS) is 10.1. The predicted molar refractivity (Wildman–Crippen MR) is 54.9 cm³/mol. The number of hydrogen-bond acceptors (Lipinski definition) is 3. The average molecular weight is 203 g/mol. The van der Waals surface area contributed by atoms with Gasteiger partial charge >= 0.3 is 5.97 Å². The number of aromatic nitrogens is 2. The molecular weight excluding hydrogens is 194 g/mol. The highest BCUT2D eigenvalue weighted by atomic mass is 16.4. The number of aromatic carboxylic acids is 1. The predicted octanol–water partition coefficient (Wildman–Crippen LogP) is 1.15. The topological polar surface area (TPSA) is 81.1 Å². The van der Waals surface area contributed by atoms with Crippen molar-refractivity contribution >= 4 is 11.7 Å². The van der Waals surface area contributed by atoms with Gasteiger partial charge in [0.05, 0.1) is 16.9 Å². The number of benzene rings is 1. The zero-order chi connectivity index (χ0) is 10.8. The van der Waals surface area contributed by atoms with Crippen molar-refractivity contribution in [3.63, 3.8) is 0 Å². The zero-order valence-corrected chi connectivity index (χ0v) is 7.79. The number of nitrogens with zero attached hydrogens (tertiary/aromatic N) is 2. The monoisotopic (exact) mass is 203 g/mol. The van der Waals surface area contributed by atoms with Crippen molar-refractivity contribution in [2.24, 2.45) is 0 Å². The third-order valence-corrected chi connectivity index (χ3v) is 2.03. The minimum atomic E-state index is -0.992. The largest absolute Gasteiger partial charge is 0.478 e. The van der Waals surface area contributed by atoms with Crippen molar-refractivity contribution < 1.29 is 9.90 Å². The van der Waals surface area contributed by atoms with Gasteiger partial charge in [-0.2, -0.15) is 5.10 Å². The Morgan fingerprint density at radius 3 is 2.80 bits per heavy atom. The van der Waals surface area contributed by atoms with E-state index in [1.165, 1.54) is 12.1 Å². The number of rotatable bonds is 2. The summed E-state index contributed by atoms with van der Waals surface area (Å²) in [4.78, 5) is 10.7. The summed E-state index contributed by atoms with van der Waals surface area (Å²) in [6.07, 6.45) is 3.37. The van der Waals surface area contributed by atoms with E-state index in [1.807, 2.05) is 0 Å². The van der Waals surface area contributed by atoms with Crippen LogP contribution in [0.1, 0.15) is 10.4 Å². The van der Waals surface area contributed by atoms with Crippen molar-refractivity contribution in [2.45, 2.75) is 0 Å². The first-order chi connectivity index (χ1) is 7.18. The first kappa shape index (κ1) is 9.26. The quantitative estimate of drug-likeness (QED) is 0.717. The van der Waals surface area contributed by atoms with Crippen LogP contribution in [-0.4, -0.2) is 20.9 Å². The molecule has 0 amide bonds. The van der Waals surface area contributed by atoms with Gasteiger partial charge in [0.2, 0.25) is 0 Å². The Morgan fingerprint density at radius 2 is 2.27 bits per heavy atom. The Morgan fingerprint density at radius 1 is 1.47 bits per heavy atom. The van der Waals surface area contributed by atoms with Crippen LogP contribution in [-0.2, 0) is 0 Å². The van der Waals surface area contributed by atoms with Crippen LogP contribution in [0.15, 0.2) is 36.7 Å². The number of anilines is 1. The summed E-state index contributed by atoms with van der Waals surface area (Å²) in [5.74, 6) is -0.992. The standard InChI is InChI=1S/C10H9N3O2/c11-8-6-7(10(14)15)2-3-9(8)13-5-1-4-12-13/h1-6H,11H2,(H,14,15). The SMILES string of the molecule is Nc1cc(C(=O)O)ccc1-n1cccn1. The van der Waals surface area contributed by atoms with Crippen molar-refractivity contribution in [1.82, 2.24) is 9.78 Å². The molecule has 0 bridgehead atoms. The van der Waals surface area contributed by atoms with Crippen LogP contribution in [0.5, 0.6) is 0 Å². The van der Waals surface area contributed by atoms with E-state index in [1.54, 1.807) is 29.2 Å². The number of carbonyl (C=O) groups is 1. The van der Waals surface area contributed by atoms with E-state index in [-0.39, 0.29) is 5.56 Å². The molecule has 1 heterocycles. The van der Waals surface area contributed by atoms with Gasteiger partial charge < -0.3 is 10.8 Å². The lowest BCUT2D eigenvalue weighted by atomic mass is 10.2. The van der Waals surface area contributed by atoms with Crippen LogP contribution in [0.2, 0.25) is 0 Å². The maximum Gasteiger partial charge on any atom is 0.335 e. The maximum absolute atomic E-state index is 10.7. The van der Waals surface area contributed by atoms with Crippen LogP contribution in [0.4, 0.5) is 5.69 Å². The number of nitrogens with two attached hydrogens (primary N) is 1. The lowest BCUT2D eigenvalue weighted by molar-refractivity contribution is 0.0697. The molecule has 0 aliphatic rings. The van der Waals surface area contributed by atoms with E-state index in [2.05, 4.69) is 5.10 Å². The molecule has 0 saturated heterocycles. The highest BCUT2D eigenvalue weighted by Crippen LogP contribution is 2.17. The van der Waals surface area contributed by atoms with Crippen molar-refractivity contribution in [3.05, 3.63) is 42.2 Å². The maximum atomic E-state index is 10.7. The molecule has 15 heavy (non-hydrogen) atoms. The molecule has 0 fully saturated rings. The molecule has 0 aliphatic heterocycles. The Labute approximate surface area is 85.8 Å². The first-order valence-electron chi connectivity index (χ1n) is 4.31. The van der Waals surface area contributed by atoms with Crippen LogP contribution in [0, 0.1) is 0 Å². The van der Waals surface area contributed by atoms with Gasteiger partial charge in [0.25, 0.3) is 0 Å². The molecule has 2 rings (SSSR count). The minimum Gasteiger partial charge on any atom is -0.478 e. The molecule has 2 aromatic rings. The number of hydrogen-bond donors (Lipinski definition) is 2. The van der Waals surface area contributed by atoms with Crippen LogP contribution < -0.4 is 5.73 Å². The smallest absolute Gasteiger partial charge is 0.335 e. The minimum absolute atomic E-state index is 0.170. The van der Waals surface area contributed by atoms with Crippen molar-refractivity contribution in [3.8, 4) is 5.69 Å². The Bertz CT molecular complexity index is 491. The van der Waals surface area contributed by atoms with E-state index in [0.29, 0.717) is 11.4 Å². The number of carboxylic acid groups (broad SMARTS) is 1. The van der Waals surface area contributed by atoms with Crippen LogP contribution >= 0.6 is 0 Å². The number of nitrogen functional groups attached to an aromatic ring is 1. The van der Waals surface area contributed by atoms with E-state index in [0.717, 1.165) is 0 Å². The van der Waals surface area contributed by atoms with E-state index in [9.17, 15) is 4.79 Å². The lowest BCUT2D eigenvalue weighted by Gasteiger charge is -2.05. The van der Waals surface area contributed by atoms with Gasteiger partial charge in [0.1, 0.15) is 0 Å². The molecule has 1 aromatic heterocycles. The summed E-state index contributed by atoms with van der Waals surface area (Å²) in [5, 5.41) is 12.8. The first-order valence-corrected chi connectivity index (χ1v) is 4.31. The average Bonchev–Trinajstić information content (AvgIpc) is 2.70. The summed E-state index contributed by atoms with van der Waals surface area (Å²) in [5.41, 5.74) is 6.95. The fourth-order valence-electron chi connectivity index (χ4n) is 1.31. The highest BCUT2D eigenvalue weighted by Gasteiger charge is 2.07. The van der Waals surface area contributed by atoms with Gasteiger partial charge in [-0.3, -0.25) is 0 Å². The zero-order valence-electron chi connectivity index (χ0n) is 7.79. The fourth-order valence-corrected chi connectivity index (χ4v) is 1.31.